The van der Waals surface area contributed by atoms with Crippen molar-refractivity contribution in [3.05, 3.63) is 40.2 Å². The molecular weight excluding hydrogens is 394 g/mol. The standard InChI is InChI=1S/C20H26ClN5O3/c1-11-3-8-15(14(21)9-11)26-18(27)12-4-6-13(7-5-12)25-20(29)17-16(19(28)22-2)23-10-24-17/h3,8-9,12-13,23-24H,4-7,10H2,1-2H3,(H,22,28)(H,25,29)(H,26,27). The molecule has 1 aliphatic carbocycles. The van der Waals surface area contributed by atoms with Crippen molar-refractivity contribution in [2.24, 2.45) is 5.92 Å². The highest BCUT2D eigenvalue weighted by Crippen LogP contribution is 2.28. The molecule has 9 heteroatoms. The maximum atomic E-state index is 12.6. The van der Waals surface area contributed by atoms with Crippen molar-refractivity contribution < 1.29 is 14.4 Å². The molecule has 8 nitrogen and oxygen atoms in total. The van der Waals surface area contributed by atoms with E-state index in [4.69, 9.17) is 11.6 Å². The Balaban J connectivity index is 1.52. The zero-order valence-electron chi connectivity index (χ0n) is 16.5. The number of amides is 3. The smallest absolute Gasteiger partial charge is 0.269 e. The van der Waals surface area contributed by atoms with E-state index in [1.807, 2.05) is 25.1 Å². The van der Waals surface area contributed by atoms with Gasteiger partial charge in [0.2, 0.25) is 5.91 Å². The van der Waals surface area contributed by atoms with Crippen LogP contribution in [0.1, 0.15) is 31.2 Å². The summed E-state index contributed by atoms with van der Waals surface area (Å²) in [5.74, 6) is -0.817. The van der Waals surface area contributed by atoms with Gasteiger partial charge in [-0.3, -0.25) is 14.4 Å². The lowest BCUT2D eigenvalue weighted by Crippen LogP contribution is -2.42. The molecule has 0 spiro atoms. The van der Waals surface area contributed by atoms with E-state index in [2.05, 4.69) is 26.6 Å². The average Bonchev–Trinajstić information content (AvgIpc) is 3.20. The molecular formula is C20H26ClN5O3. The summed E-state index contributed by atoms with van der Waals surface area (Å²) in [6.45, 7) is 2.28. The Morgan fingerprint density at radius 1 is 1.03 bits per heavy atom. The Labute approximate surface area is 174 Å². The Bertz CT molecular complexity index is 847. The number of halogens is 1. The van der Waals surface area contributed by atoms with Crippen molar-refractivity contribution >= 4 is 35.0 Å². The second-order valence-corrected chi connectivity index (χ2v) is 7.76. The van der Waals surface area contributed by atoms with Gasteiger partial charge in [-0.05, 0) is 50.3 Å². The molecule has 0 unspecified atom stereocenters. The van der Waals surface area contributed by atoms with Gasteiger partial charge in [0.25, 0.3) is 11.8 Å². The number of anilines is 1. The molecule has 0 atom stereocenters. The van der Waals surface area contributed by atoms with Gasteiger partial charge in [0.05, 0.1) is 17.4 Å². The predicted molar refractivity (Wildman–Crippen MR) is 111 cm³/mol. The van der Waals surface area contributed by atoms with E-state index in [0.29, 0.717) is 43.1 Å². The number of likely N-dealkylation sites (N-methyl/N-ethyl adjacent to an activating group) is 1. The van der Waals surface area contributed by atoms with Crippen LogP contribution in [-0.4, -0.2) is 37.5 Å². The fourth-order valence-corrected chi connectivity index (χ4v) is 3.91. The Kier molecular flexibility index (Phi) is 6.64. The Morgan fingerprint density at radius 2 is 1.69 bits per heavy atom. The molecule has 5 N–H and O–H groups in total. The molecule has 2 aliphatic rings. The highest BCUT2D eigenvalue weighted by atomic mass is 35.5. The lowest BCUT2D eigenvalue weighted by molar-refractivity contribution is -0.121. The van der Waals surface area contributed by atoms with Crippen LogP contribution >= 0.6 is 11.6 Å². The minimum Gasteiger partial charge on any atom is -0.362 e. The van der Waals surface area contributed by atoms with E-state index < -0.39 is 0 Å². The average molecular weight is 420 g/mol. The summed E-state index contributed by atoms with van der Waals surface area (Å²) in [7, 11) is 1.51. The van der Waals surface area contributed by atoms with Crippen LogP contribution in [0, 0.1) is 12.8 Å². The first-order chi connectivity index (χ1) is 13.9. The number of benzene rings is 1. The van der Waals surface area contributed by atoms with E-state index in [1.165, 1.54) is 7.05 Å². The van der Waals surface area contributed by atoms with Gasteiger partial charge in [-0.15, -0.1) is 0 Å². The van der Waals surface area contributed by atoms with Crippen molar-refractivity contribution in [2.75, 3.05) is 19.0 Å². The Morgan fingerprint density at radius 3 is 2.31 bits per heavy atom. The predicted octanol–water partition coefficient (Wildman–Crippen LogP) is 1.37. The van der Waals surface area contributed by atoms with Gasteiger partial charge in [0.1, 0.15) is 11.4 Å². The maximum absolute atomic E-state index is 12.6. The quantitative estimate of drug-likeness (QED) is 0.495. The van der Waals surface area contributed by atoms with E-state index in [0.717, 1.165) is 5.56 Å². The van der Waals surface area contributed by atoms with E-state index in [9.17, 15) is 14.4 Å². The third-order valence-corrected chi connectivity index (χ3v) is 5.59. The second-order valence-electron chi connectivity index (χ2n) is 7.35. The van der Waals surface area contributed by atoms with Crippen LogP contribution in [0.4, 0.5) is 5.69 Å². The molecule has 1 fully saturated rings. The van der Waals surface area contributed by atoms with Gasteiger partial charge < -0.3 is 26.6 Å². The first kappa shape index (κ1) is 21.0. The molecule has 1 aliphatic heterocycles. The summed E-state index contributed by atoms with van der Waals surface area (Å²) in [5, 5.41) is 14.7. The van der Waals surface area contributed by atoms with Crippen molar-refractivity contribution in [3.8, 4) is 0 Å². The van der Waals surface area contributed by atoms with Crippen molar-refractivity contribution in [1.82, 2.24) is 21.3 Å². The highest BCUT2D eigenvalue weighted by molar-refractivity contribution is 6.33. The van der Waals surface area contributed by atoms with Crippen LogP contribution in [0.3, 0.4) is 0 Å². The van der Waals surface area contributed by atoms with E-state index in [1.54, 1.807) is 0 Å². The van der Waals surface area contributed by atoms with Crippen LogP contribution in [0.15, 0.2) is 29.6 Å². The number of aryl methyl sites for hydroxylation is 1. The minimum atomic E-state index is -0.338. The molecule has 1 aromatic rings. The lowest BCUT2D eigenvalue weighted by Gasteiger charge is -2.28. The molecule has 0 aromatic heterocycles. The van der Waals surface area contributed by atoms with E-state index >= 15 is 0 Å². The monoisotopic (exact) mass is 419 g/mol. The first-order valence-corrected chi connectivity index (χ1v) is 10.1. The van der Waals surface area contributed by atoms with Gasteiger partial charge in [0, 0.05) is 19.0 Å². The van der Waals surface area contributed by atoms with Gasteiger partial charge in [-0.1, -0.05) is 17.7 Å². The van der Waals surface area contributed by atoms with Crippen molar-refractivity contribution in [3.63, 3.8) is 0 Å². The number of hydrogen-bond donors (Lipinski definition) is 5. The van der Waals surface area contributed by atoms with Crippen LogP contribution in [-0.2, 0) is 14.4 Å². The fraction of sp³-hybridized carbons (Fsp3) is 0.450. The molecule has 1 aromatic carbocycles. The summed E-state index contributed by atoms with van der Waals surface area (Å²) in [6.07, 6.45) is 2.74. The van der Waals surface area contributed by atoms with Gasteiger partial charge in [-0.2, -0.15) is 0 Å². The zero-order valence-corrected chi connectivity index (χ0v) is 17.3. The van der Waals surface area contributed by atoms with Crippen LogP contribution in [0.5, 0.6) is 0 Å². The summed E-state index contributed by atoms with van der Waals surface area (Å²) in [4.78, 5) is 36.9. The third kappa shape index (κ3) is 5.00. The first-order valence-electron chi connectivity index (χ1n) is 9.71. The van der Waals surface area contributed by atoms with Gasteiger partial charge >= 0.3 is 0 Å². The summed E-state index contributed by atoms with van der Waals surface area (Å²) >= 11 is 6.19. The number of carbonyl (C=O) groups is 3. The van der Waals surface area contributed by atoms with Crippen LogP contribution in [0.25, 0.3) is 0 Å². The van der Waals surface area contributed by atoms with Crippen molar-refractivity contribution in [1.29, 1.82) is 0 Å². The largest absolute Gasteiger partial charge is 0.362 e. The lowest BCUT2D eigenvalue weighted by atomic mass is 9.85. The summed E-state index contributed by atoms with van der Waals surface area (Å²) < 4.78 is 0. The number of nitrogens with one attached hydrogen (secondary N) is 5. The zero-order chi connectivity index (χ0) is 21.0. The summed E-state index contributed by atoms with van der Waals surface area (Å²) in [6, 6.07) is 5.50. The number of rotatable bonds is 5. The summed E-state index contributed by atoms with van der Waals surface area (Å²) in [5.41, 5.74) is 2.14. The molecule has 0 radical (unpaired) electrons. The Hall–Kier alpha value is -2.74. The molecule has 1 heterocycles. The molecule has 29 heavy (non-hydrogen) atoms. The number of carbonyl (C=O) groups excluding carboxylic acids is 3. The molecule has 3 rings (SSSR count). The number of hydrogen-bond acceptors (Lipinski definition) is 5. The molecule has 0 saturated heterocycles. The normalized spacial score (nSPS) is 21.1. The molecule has 0 bridgehead atoms. The molecule has 3 amide bonds. The van der Waals surface area contributed by atoms with Crippen LogP contribution < -0.4 is 26.6 Å². The second kappa shape index (κ2) is 9.17. The van der Waals surface area contributed by atoms with Gasteiger partial charge in [-0.25, -0.2) is 0 Å². The topological polar surface area (TPSA) is 111 Å². The third-order valence-electron chi connectivity index (χ3n) is 5.28. The van der Waals surface area contributed by atoms with E-state index in [-0.39, 0.29) is 41.1 Å². The molecule has 156 valence electrons. The fourth-order valence-electron chi connectivity index (χ4n) is 3.62. The van der Waals surface area contributed by atoms with Gasteiger partial charge in [0.15, 0.2) is 0 Å². The van der Waals surface area contributed by atoms with Crippen LogP contribution in [0.2, 0.25) is 5.02 Å². The maximum Gasteiger partial charge on any atom is 0.269 e. The van der Waals surface area contributed by atoms with Crippen molar-refractivity contribution in [2.45, 2.75) is 38.6 Å². The highest BCUT2D eigenvalue weighted by Gasteiger charge is 2.30. The SMILES string of the molecule is CNC(=O)C1=C(C(=O)NC2CCC(C(=O)Nc3ccc(C)cc3Cl)CC2)NCN1. The molecule has 1 saturated carbocycles. The minimum absolute atomic E-state index is 0.0321.